The lowest BCUT2D eigenvalue weighted by Crippen LogP contribution is -2.16. The monoisotopic (exact) mass is 268 g/mol. The molecule has 0 saturated carbocycles. The van der Waals surface area contributed by atoms with Gasteiger partial charge in [0.15, 0.2) is 5.78 Å². The van der Waals surface area contributed by atoms with Gasteiger partial charge in [0.05, 0.1) is 0 Å². The Labute approximate surface area is 120 Å². The Hall–Kier alpha value is -2.09. The Bertz CT molecular complexity index is 588. The van der Waals surface area contributed by atoms with E-state index in [1.165, 1.54) is 5.56 Å². The number of fused-ring (bicyclic) bond motifs is 1. The number of Topliss-reactive ketones (excluding diaryl/α,β-unsaturated/α-hetero) is 1. The van der Waals surface area contributed by atoms with Crippen molar-refractivity contribution in [3.05, 3.63) is 65.2 Å². The molecular formula is C18H20O2. The summed E-state index contributed by atoms with van der Waals surface area (Å²) in [5, 5.41) is 9.63. The molecule has 0 aromatic heterocycles. The van der Waals surface area contributed by atoms with Gasteiger partial charge in [0.2, 0.25) is 0 Å². The number of phenolic OH excluding ortho intramolecular Hbond substituents is 1. The van der Waals surface area contributed by atoms with Crippen molar-refractivity contribution < 1.29 is 9.90 Å². The predicted molar refractivity (Wildman–Crippen MR) is 81.3 cm³/mol. The summed E-state index contributed by atoms with van der Waals surface area (Å²) in [5.41, 5.74) is 2.92. The third-order valence-electron chi connectivity index (χ3n) is 3.57. The molecule has 0 heterocycles. The minimum atomic E-state index is 0.178. The Morgan fingerprint density at radius 3 is 2.45 bits per heavy atom. The van der Waals surface area contributed by atoms with Crippen LogP contribution in [0.4, 0.5) is 0 Å². The summed E-state index contributed by atoms with van der Waals surface area (Å²) < 4.78 is 0. The lowest BCUT2D eigenvalue weighted by molar-refractivity contribution is 0.0969. The highest BCUT2D eigenvalue weighted by molar-refractivity contribution is 5.99. The van der Waals surface area contributed by atoms with Gasteiger partial charge in [-0.2, -0.15) is 0 Å². The molecule has 0 radical (unpaired) electrons. The summed E-state index contributed by atoms with van der Waals surface area (Å²) in [5.74, 6) is 0.618. The molecule has 2 aromatic rings. The van der Waals surface area contributed by atoms with Gasteiger partial charge in [-0.3, -0.25) is 4.79 Å². The lowest BCUT2D eigenvalue weighted by Gasteiger charge is -2.25. The first-order valence-electron chi connectivity index (χ1n) is 7.17. The highest BCUT2D eigenvalue weighted by atomic mass is 16.3. The predicted octanol–water partition coefficient (Wildman–Crippen LogP) is 4.53. The molecule has 20 heavy (non-hydrogen) atoms. The zero-order valence-corrected chi connectivity index (χ0v) is 12.0. The van der Waals surface area contributed by atoms with Gasteiger partial charge in [0.1, 0.15) is 5.75 Å². The van der Waals surface area contributed by atoms with Gasteiger partial charge < -0.3 is 5.11 Å². The number of hydrogen-bond donors (Lipinski definition) is 1. The molecule has 1 unspecified atom stereocenters. The molecule has 1 N–H and O–H groups in total. The molecule has 2 heteroatoms. The number of rotatable bonds is 1. The quantitative estimate of drug-likeness (QED) is 0.825. The summed E-state index contributed by atoms with van der Waals surface area (Å²) in [6, 6.07) is 15.2. The van der Waals surface area contributed by atoms with E-state index >= 15 is 0 Å². The molecule has 1 aliphatic rings. The first kappa shape index (κ1) is 14.3. The van der Waals surface area contributed by atoms with E-state index in [2.05, 4.69) is 12.1 Å². The zero-order valence-electron chi connectivity index (χ0n) is 12.0. The van der Waals surface area contributed by atoms with Gasteiger partial charge in [0, 0.05) is 17.9 Å². The van der Waals surface area contributed by atoms with Crippen molar-refractivity contribution >= 4 is 5.78 Å². The van der Waals surface area contributed by atoms with E-state index in [1.807, 2.05) is 32.0 Å². The van der Waals surface area contributed by atoms with Gasteiger partial charge in [-0.15, -0.1) is 0 Å². The minimum Gasteiger partial charge on any atom is -0.508 e. The summed E-state index contributed by atoms with van der Waals surface area (Å²) in [7, 11) is 0. The van der Waals surface area contributed by atoms with Crippen LogP contribution in [0, 0.1) is 0 Å². The topological polar surface area (TPSA) is 37.3 Å². The van der Waals surface area contributed by atoms with Crippen LogP contribution < -0.4 is 0 Å². The zero-order chi connectivity index (χ0) is 14.5. The molecule has 0 amide bonds. The molecule has 0 spiro atoms. The summed E-state index contributed by atoms with van der Waals surface area (Å²) >= 11 is 0. The van der Waals surface area contributed by atoms with Crippen LogP contribution in [0.3, 0.4) is 0 Å². The third-order valence-corrected chi connectivity index (χ3v) is 3.57. The van der Waals surface area contributed by atoms with Gasteiger partial charge in [0.25, 0.3) is 0 Å². The van der Waals surface area contributed by atoms with Crippen LogP contribution in [0.25, 0.3) is 0 Å². The van der Waals surface area contributed by atoms with Gasteiger partial charge in [-0.1, -0.05) is 44.2 Å². The second-order valence-electron chi connectivity index (χ2n) is 4.70. The van der Waals surface area contributed by atoms with E-state index in [-0.39, 0.29) is 17.5 Å². The molecule has 0 bridgehead atoms. The van der Waals surface area contributed by atoms with Crippen molar-refractivity contribution in [3.63, 3.8) is 0 Å². The maximum Gasteiger partial charge on any atom is 0.163 e. The Kier molecular flexibility index (Phi) is 4.57. The Balaban J connectivity index is 0.000000704. The van der Waals surface area contributed by atoms with Crippen LogP contribution in [0.2, 0.25) is 0 Å². The van der Waals surface area contributed by atoms with E-state index in [0.29, 0.717) is 6.42 Å². The second kappa shape index (κ2) is 6.38. The first-order chi connectivity index (χ1) is 9.75. The number of benzene rings is 2. The maximum atomic E-state index is 11.9. The van der Waals surface area contributed by atoms with E-state index in [4.69, 9.17) is 0 Å². The Morgan fingerprint density at radius 1 is 1.05 bits per heavy atom. The number of phenols is 1. The smallest absolute Gasteiger partial charge is 0.163 e. The van der Waals surface area contributed by atoms with Crippen LogP contribution in [0.15, 0.2) is 48.5 Å². The van der Waals surface area contributed by atoms with E-state index in [9.17, 15) is 9.90 Å². The van der Waals surface area contributed by atoms with Crippen molar-refractivity contribution in [1.82, 2.24) is 0 Å². The van der Waals surface area contributed by atoms with Gasteiger partial charge in [-0.25, -0.2) is 0 Å². The number of aromatic hydroxyl groups is 1. The average molecular weight is 268 g/mol. The molecule has 0 fully saturated rings. The highest BCUT2D eigenvalue weighted by Gasteiger charge is 2.26. The number of carbonyl (C=O) groups excluding carboxylic acids is 1. The van der Waals surface area contributed by atoms with Crippen molar-refractivity contribution in [2.75, 3.05) is 0 Å². The minimum absolute atomic E-state index is 0.178. The fraction of sp³-hybridized carbons (Fsp3) is 0.278. The molecular weight excluding hydrogens is 248 g/mol. The van der Waals surface area contributed by atoms with Crippen molar-refractivity contribution in [1.29, 1.82) is 0 Å². The van der Waals surface area contributed by atoms with Gasteiger partial charge >= 0.3 is 0 Å². The highest BCUT2D eigenvalue weighted by Crippen LogP contribution is 2.37. The molecule has 1 atom stereocenters. The van der Waals surface area contributed by atoms with Crippen molar-refractivity contribution in [2.24, 2.45) is 0 Å². The van der Waals surface area contributed by atoms with E-state index in [1.54, 1.807) is 18.2 Å². The number of ketones is 1. The molecule has 2 nitrogen and oxygen atoms in total. The summed E-state index contributed by atoms with van der Waals surface area (Å²) in [6.07, 6.45) is 1.40. The van der Waals surface area contributed by atoms with Crippen molar-refractivity contribution in [3.8, 4) is 5.75 Å². The maximum absolute atomic E-state index is 11.9. The van der Waals surface area contributed by atoms with Crippen LogP contribution >= 0.6 is 0 Å². The first-order valence-corrected chi connectivity index (χ1v) is 7.17. The molecule has 3 rings (SSSR count). The van der Waals surface area contributed by atoms with E-state index in [0.717, 1.165) is 17.5 Å². The molecule has 0 aliphatic heterocycles. The normalized spacial score (nSPS) is 16.9. The van der Waals surface area contributed by atoms with E-state index < -0.39 is 0 Å². The van der Waals surface area contributed by atoms with Crippen LogP contribution in [0.5, 0.6) is 5.75 Å². The van der Waals surface area contributed by atoms with Gasteiger partial charge in [-0.05, 0) is 35.7 Å². The SMILES string of the molecule is CC.O=C1CCC(c2ccccc2)c2cc(O)ccc21. The Morgan fingerprint density at radius 2 is 1.75 bits per heavy atom. The fourth-order valence-corrected chi connectivity index (χ4v) is 2.69. The number of hydrogen-bond acceptors (Lipinski definition) is 2. The van der Waals surface area contributed by atoms with Crippen LogP contribution in [-0.2, 0) is 0 Å². The molecule has 2 aromatic carbocycles. The van der Waals surface area contributed by atoms with Crippen molar-refractivity contribution in [2.45, 2.75) is 32.6 Å². The largest absolute Gasteiger partial charge is 0.508 e. The second-order valence-corrected chi connectivity index (χ2v) is 4.70. The lowest BCUT2D eigenvalue weighted by atomic mass is 9.78. The average Bonchev–Trinajstić information content (AvgIpc) is 2.50. The summed E-state index contributed by atoms with van der Waals surface area (Å²) in [6.45, 7) is 4.00. The van der Waals surface area contributed by atoms with Crippen LogP contribution in [-0.4, -0.2) is 10.9 Å². The standard InChI is InChI=1S/C16H14O2.C2H6/c17-12-6-7-14-15(10-12)13(8-9-16(14)18)11-4-2-1-3-5-11;1-2/h1-7,10,13,17H,8-9H2;1-2H3. The molecule has 104 valence electrons. The molecule has 0 saturated heterocycles. The summed E-state index contributed by atoms with van der Waals surface area (Å²) in [4.78, 5) is 11.9. The molecule has 1 aliphatic carbocycles. The fourth-order valence-electron chi connectivity index (χ4n) is 2.69. The third kappa shape index (κ3) is 2.74. The van der Waals surface area contributed by atoms with Crippen LogP contribution in [0.1, 0.15) is 54.1 Å². The number of carbonyl (C=O) groups is 1.